The van der Waals surface area contributed by atoms with E-state index in [1.54, 1.807) is 0 Å². The smallest absolute Gasteiger partial charge is 0.330 e. The van der Waals surface area contributed by atoms with Gasteiger partial charge in [0.2, 0.25) is 0 Å². The van der Waals surface area contributed by atoms with Crippen LogP contribution in [0.4, 0.5) is 0 Å². The highest BCUT2D eigenvalue weighted by molar-refractivity contribution is 7.16. The summed E-state index contributed by atoms with van der Waals surface area (Å²) in [5.74, 6) is -0.935. The molecule has 0 saturated heterocycles. The summed E-state index contributed by atoms with van der Waals surface area (Å²) in [6, 6.07) is 0. The number of aliphatic carboxylic acids is 1. The Labute approximate surface area is 56.6 Å². The Hall–Kier alpha value is -0.400. The molecule has 0 aromatic rings. The van der Waals surface area contributed by atoms with Crippen molar-refractivity contribution in [1.82, 2.24) is 0 Å². The van der Waals surface area contributed by atoms with E-state index in [0.29, 0.717) is 0 Å². The molecule has 0 bridgehead atoms. The minimum absolute atomic E-state index is 0.167. The van der Waals surface area contributed by atoms with Gasteiger partial charge in [0.1, 0.15) is 0 Å². The zero-order chi connectivity index (χ0) is 7.86. The van der Waals surface area contributed by atoms with Crippen LogP contribution in [0.25, 0.3) is 0 Å². The maximum Gasteiger partial charge on any atom is 0.330 e. The largest absolute Gasteiger partial charge is 0.478 e. The monoisotopic (exact) mass is 150 g/mol. The van der Waals surface area contributed by atoms with Crippen molar-refractivity contribution < 1.29 is 15.0 Å². The Morgan fingerprint density at radius 1 is 1.78 bits per heavy atom. The van der Waals surface area contributed by atoms with Crippen molar-refractivity contribution >= 4 is 15.2 Å². The normalized spacial score (nSPS) is 7.00. The van der Waals surface area contributed by atoms with Gasteiger partial charge in [-0.15, -0.1) is 9.24 Å². The topological polar surface area (TPSA) is 57.5 Å². The first kappa shape index (κ1) is 11.4. The Kier molecular flexibility index (Phi) is 9.63. The number of rotatable bonds is 1. The van der Waals surface area contributed by atoms with E-state index in [0.717, 1.165) is 0 Å². The highest BCUT2D eigenvalue weighted by Crippen LogP contribution is 1.81. The lowest BCUT2D eigenvalue weighted by Crippen LogP contribution is -1.92. The molecule has 0 spiro atoms. The van der Waals surface area contributed by atoms with E-state index in [2.05, 4.69) is 15.8 Å². The molecule has 4 heteroatoms. The molecular weight excluding hydrogens is 139 g/mol. The lowest BCUT2D eigenvalue weighted by Gasteiger charge is -1.79. The zero-order valence-corrected chi connectivity index (χ0v) is 6.45. The molecule has 9 heavy (non-hydrogen) atoms. The van der Waals surface area contributed by atoms with Crippen molar-refractivity contribution in [2.24, 2.45) is 0 Å². The molecule has 0 saturated carbocycles. The minimum atomic E-state index is -0.935. The van der Waals surface area contributed by atoms with Gasteiger partial charge in [0.25, 0.3) is 0 Å². The van der Waals surface area contributed by atoms with Gasteiger partial charge in [0.15, 0.2) is 0 Å². The van der Waals surface area contributed by atoms with Crippen LogP contribution >= 0.6 is 9.24 Å². The van der Waals surface area contributed by atoms with Gasteiger partial charge in [-0.25, -0.2) is 4.79 Å². The van der Waals surface area contributed by atoms with Gasteiger partial charge in [-0.05, 0) is 6.92 Å². The molecule has 1 atom stereocenters. The van der Waals surface area contributed by atoms with Crippen LogP contribution in [0.5, 0.6) is 0 Å². The van der Waals surface area contributed by atoms with Crippen molar-refractivity contribution in [2.45, 2.75) is 6.92 Å². The average molecular weight is 150 g/mol. The van der Waals surface area contributed by atoms with Crippen LogP contribution in [-0.2, 0) is 4.79 Å². The summed E-state index contributed by atoms with van der Waals surface area (Å²) < 4.78 is 0. The SMILES string of the molecule is C=C(C)C(=O)O.OCP. The third-order valence-electron chi connectivity index (χ3n) is 0.365. The molecular formula is C5H11O3P. The third-order valence-corrected chi connectivity index (χ3v) is 0.365. The molecule has 0 aromatic heterocycles. The van der Waals surface area contributed by atoms with E-state index < -0.39 is 5.97 Å². The van der Waals surface area contributed by atoms with Crippen LogP contribution in [0.15, 0.2) is 12.2 Å². The number of aliphatic hydroxyl groups excluding tert-OH is 1. The molecule has 0 fully saturated rings. The summed E-state index contributed by atoms with van der Waals surface area (Å²) in [7, 11) is 2.13. The molecule has 0 aliphatic rings. The molecule has 0 radical (unpaired) electrons. The summed E-state index contributed by atoms with van der Waals surface area (Å²) in [6.07, 6.45) is 0.167. The Bertz CT molecular complexity index is 88.4. The lowest BCUT2D eigenvalue weighted by molar-refractivity contribution is -0.132. The summed E-state index contributed by atoms with van der Waals surface area (Å²) >= 11 is 0. The first-order chi connectivity index (χ1) is 4.06. The Morgan fingerprint density at radius 2 is 1.89 bits per heavy atom. The maximum atomic E-state index is 9.60. The third kappa shape index (κ3) is 18.4. The van der Waals surface area contributed by atoms with E-state index in [-0.39, 0.29) is 11.9 Å². The molecule has 0 rings (SSSR count). The van der Waals surface area contributed by atoms with Gasteiger partial charge in [-0.3, -0.25) is 0 Å². The molecule has 0 aliphatic carbocycles. The fourth-order valence-electron chi connectivity index (χ4n) is 0. The lowest BCUT2D eigenvalue weighted by atomic mass is 10.4. The number of carboxylic acids is 1. The van der Waals surface area contributed by atoms with Gasteiger partial charge in [-0.2, -0.15) is 0 Å². The standard InChI is InChI=1S/C4H6O2.CH5OP/c1-3(2)4(5)6;2-1-3/h1H2,2H3,(H,5,6);2H,1,3H2. The van der Waals surface area contributed by atoms with Crippen molar-refractivity contribution in [3.8, 4) is 0 Å². The fourth-order valence-corrected chi connectivity index (χ4v) is 0. The second-order valence-electron chi connectivity index (χ2n) is 1.27. The molecule has 2 N–H and O–H groups in total. The molecule has 1 unspecified atom stereocenters. The van der Waals surface area contributed by atoms with Crippen LogP contribution in [0.3, 0.4) is 0 Å². The van der Waals surface area contributed by atoms with E-state index in [9.17, 15) is 4.79 Å². The second kappa shape index (κ2) is 7.60. The second-order valence-corrected chi connectivity index (χ2v) is 1.63. The van der Waals surface area contributed by atoms with E-state index in [1.807, 2.05) is 0 Å². The summed E-state index contributed by atoms with van der Waals surface area (Å²) in [6.45, 7) is 4.60. The molecule has 0 aromatic carbocycles. The van der Waals surface area contributed by atoms with Crippen molar-refractivity contribution in [2.75, 3.05) is 6.35 Å². The highest BCUT2D eigenvalue weighted by atomic mass is 31.0. The van der Waals surface area contributed by atoms with Gasteiger partial charge >= 0.3 is 5.97 Å². The number of hydrogen-bond donors (Lipinski definition) is 2. The molecule has 3 nitrogen and oxygen atoms in total. The van der Waals surface area contributed by atoms with Gasteiger partial charge in [-0.1, -0.05) is 6.58 Å². The predicted octanol–water partition coefficient (Wildman–Crippen LogP) is 0.458. The number of carbonyl (C=O) groups is 1. The summed E-state index contributed by atoms with van der Waals surface area (Å²) in [4.78, 5) is 9.60. The highest BCUT2D eigenvalue weighted by Gasteiger charge is 1.90. The van der Waals surface area contributed by atoms with Crippen molar-refractivity contribution in [3.05, 3.63) is 12.2 Å². The molecule has 0 amide bonds. The first-order valence-corrected chi connectivity index (χ1v) is 3.07. The Balaban J connectivity index is 0. The molecule has 54 valence electrons. The average Bonchev–Trinajstić information content (AvgIpc) is 1.68. The molecule has 0 heterocycles. The van der Waals surface area contributed by atoms with Crippen LogP contribution in [0, 0.1) is 0 Å². The van der Waals surface area contributed by atoms with E-state index in [1.165, 1.54) is 6.92 Å². The fraction of sp³-hybridized carbons (Fsp3) is 0.400. The van der Waals surface area contributed by atoms with E-state index in [4.69, 9.17) is 10.2 Å². The van der Waals surface area contributed by atoms with Gasteiger partial charge < -0.3 is 10.2 Å². The number of hydrogen-bond acceptors (Lipinski definition) is 2. The zero-order valence-electron chi connectivity index (χ0n) is 5.29. The van der Waals surface area contributed by atoms with Crippen LogP contribution < -0.4 is 0 Å². The quantitative estimate of drug-likeness (QED) is 0.421. The number of aliphatic hydroxyl groups is 1. The van der Waals surface area contributed by atoms with Crippen molar-refractivity contribution in [3.63, 3.8) is 0 Å². The predicted molar refractivity (Wildman–Crippen MR) is 39.2 cm³/mol. The Morgan fingerprint density at radius 3 is 1.89 bits per heavy atom. The summed E-state index contributed by atoms with van der Waals surface area (Å²) in [5.41, 5.74) is 0.176. The van der Waals surface area contributed by atoms with E-state index >= 15 is 0 Å². The van der Waals surface area contributed by atoms with Crippen molar-refractivity contribution in [1.29, 1.82) is 0 Å². The van der Waals surface area contributed by atoms with Gasteiger partial charge in [0, 0.05) is 5.57 Å². The van der Waals surface area contributed by atoms with Gasteiger partial charge in [0.05, 0.1) is 6.35 Å². The van der Waals surface area contributed by atoms with Crippen LogP contribution in [0.2, 0.25) is 0 Å². The minimum Gasteiger partial charge on any atom is -0.478 e. The maximum absolute atomic E-state index is 9.60. The van der Waals surface area contributed by atoms with Crippen LogP contribution in [-0.4, -0.2) is 22.5 Å². The molecule has 0 aliphatic heterocycles. The number of carboxylic acid groups (broad SMARTS) is 1. The van der Waals surface area contributed by atoms with Crippen LogP contribution in [0.1, 0.15) is 6.92 Å². The first-order valence-electron chi connectivity index (χ1n) is 2.26. The summed E-state index contributed by atoms with van der Waals surface area (Å²) in [5, 5.41) is 15.4.